The second kappa shape index (κ2) is 11.3. The molecule has 2 heterocycles. The van der Waals surface area contributed by atoms with Gasteiger partial charge in [0.1, 0.15) is 6.04 Å². The van der Waals surface area contributed by atoms with Gasteiger partial charge < -0.3 is 20.4 Å². The molecule has 0 saturated carbocycles. The molecule has 170 valence electrons. The lowest BCUT2D eigenvalue weighted by Crippen LogP contribution is -2.49. The third-order valence-electron chi connectivity index (χ3n) is 4.85. The molecule has 2 bridgehead atoms. The molecule has 1 atom stereocenters. The number of carboxylic acids is 4. The van der Waals surface area contributed by atoms with Gasteiger partial charge in [0.15, 0.2) is 0 Å². The fraction of sp³-hybridized carbons (Fsp3) is 0.526. The molecular weight excluding hydrogens is 412 g/mol. The first-order valence-electron chi connectivity index (χ1n) is 9.65. The first-order valence-corrected chi connectivity index (χ1v) is 9.65. The number of pyridine rings is 1. The van der Waals surface area contributed by atoms with Gasteiger partial charge in [-0.1, -0.05) is 6.07 Å². The minimum Gasteiger partial charge on any atom is -0.481 e. The molecular formula is C19H26N4O8. The number of nitrogens with zero attached hydrogens (tertiary/aromatic N) is 4. The average molecular weight is 438 g/mol. The fourth-order valence-electron chi connectivity index (χ4n) is 3.48. The van der Waals surface area contributed by atoms with Gasteiger partial charge in [-0.05, 0) is 12.1 Å². The lowest BCUT2D eigenvalue weighted by molar-refractivity contribution is -0.150. The largest absolute Gasteiger partial charge is 0.481 e. The molecule has 2 rings (SSSR count). The van der Waals surface area contributed by atoms with Crippen molar-refractivity contribution >= 4 is 23.9 Å². The van der Waals surface area contributed by atoms with E-state index in [1.165, 1.54) is 4.90 Å². The molecule has 1 aliphatic rings. The van der Waals surface area contributed by atoms with Crippen LogP contribution in [0.2, 0.25) is 0 Å². The van der Waals surface area contributed by atoms with Crippen LogP contribution in [0.5, 0.6) is 0 Å². The van der Waals surface area contributed by atoms with E-state index < -0.39 is 36.3 Å². The SMILES string of the molecule is O=C(O)CC(C(=O)O)N1CCN(CC(=O)O)Cc2cccc(n2)CN(CC(=O)O)CC1. The van der Waals surface area contributed by atoms with Gasteiger partial charge >= 0.3 is 23.9 Å². The predicted molar refractivity (Wildman–Crippen MR) is 105 cm³/mol. The lowest BCUT2D eigenvalue weighted by Gasteiger charge is -2.33. The number of aliphatic carboxylic acids is 4. The zero-order valence-electron chi connectivity index (χ0n) is 16.9. The van der Waals surface area contributed by atoms with Crippen LogP contribution in [-0.2, 0) is 32.3 Å². The summed E-state index contributed by atoms with van der Waals surface area (Å²) >= 11 is 0. The fourth-order valence-corrected chi connectivity index (χ4v) is 3.48. The summed E-state index contributed by atoms with van der Waals surface area (Å²) in [6.45, 7) is 0.341. The Kier molecular flexibility index (Phi) is 8.85. The van der Waals surface area contributed by atoms with E-state index in [0.717, 1.165) is 0 Å². The van der Waals surface area contributed by atoms with Crippen molar-refractivity contribution in [1.29, 1.82) is 0 Å². The molecule has 0 spiro atoms. The Morgan fingerprint density at radius 2 is 1.29 bits per heavy atom. The number of hydrogen-bond donors (Lipinski definition) is 4. The molecule has 0 radical (unpaired) electrons. The van der Waals surface area contributed by atoms with Crippen LogP contribution < -0.4 is 0 Å². The van der Waals surface area contributed by atoms with Crippen LogP contribution in [0.4, 0.5) is 0 Å². The van der Waals surface area contributed by atoms with Gasteiger partial charge in [-0.2, -0.15) is 0 Å². The first-order chi connectivity index (χ1) is 14.6. The van der Waals surface area contributed by atoms with Gasteiger partial charge in [-0.15, -0.1) is 0 Å². The Morgan fingerprint density at radius 3 is 1.68 bits per heavy atom. The summed E-state index contributed by atoms with van der Waals surface area (Å²) in [5.74, 6) is -4.69. The Hall–Kier alpha value is -3.09. The Morgan fingerprint density at radius 1 is 0.806 bits per heavy atom. The van der Waals surface area contributed by atoms with Crippen LogP contribution in [0.15, 0.2) is 18.2 Å². The van der Waals surface area contributed by atoms with Crippen molar-refractivity contribution in [3.05, 3.63) is 29.6 Å². The highest BCUT2D eigenvalue weighted by Gasteiger charge is 2.29. The zero-order valence-corrected chi connectivity index (χ0v) is 16.9. The van der Waals surface area contributed by atoms with Crippen LogP contribution >= 0.6 is 0 Å². The summed E-state index contributed by atoms with van der Waals surface area (Å²) in [6, 6.07) is 3.90. The van der Waals surface area contributed by atoms with Crippen LogP contribution in [-0.4, -0.2) is 109 Å². The summed E-state index contributed by atoms with van der Waals surface area (Å²) in [4.78, 5) is 54.6. The van der Waals surface area contributed by atoms with Gasteiger partial charge in [0.25, 0.3) is 0 Å². The third kappa shape index (κ3) is 8.28. The highest BCUT2D eigenvalue weighted by molar-refractivity contribution is 5.80. The monoisotopic (exact) mass is 438 g/mol. The predicted octanol–water partition coefficient (Wildman–Crippen LogP) is -0.902. The van der Waals surface area contributed by atoms with Crippen LogP contribution in [0.25, 0.3) is 0 Å². The number of aromatic nitrogens is 1. The first kappa shape index (κ1) is 24.2. The van der Waals surface area contributed by atoms with E-state index >= 15 is 0 Å². The van der Waals surface area contributed by atoms with Gasteiger partial charge in [-0.25, -0.2) is 0 Å². The molecule has 12 nitrogen and oxygen atoms in total. The van der Waals surface area contributed by atoms with Gasteiger partial charge in [-0.3, -0.25) is 38.9 Å². The summed E-state index contributed by atoms with van der Waals surface area (Å²) in [5, 5.41) is 37.1. The van der Waals surface area contributed by atoms with Gasteiger partial charge in [0.05, 0.1) is 30.9 Å². The number of rotatable bonds is 8. The number of carboxylic acid groups (broad SMARTS) is 4. The molecule has 1 aromatic rings. The van der Waals surface area contributed by atoms with Crippen molar-refractivity contribution in [1.82, 2.24) is 19.7 Å². The van der Waals surface area contributed by atoms with Gasteiger partial charge in [0.2, 0.25) is 0 Å². The van der Waals surface area contributed by atoms with Crippen molar-refractivity contribution < 1.29 is 39.6 Å². The second-order valence-corrected chi connectivity index (χ2v) is 7.32. The smallest absolute Gasteiger partial charge is 0.321 e. The molecule has 0 fully saturated rings. The van der Waals surface area contributed by atoms with Crippen LogP contribution in [0.1, 0.15) is 17.8 Å². The maximum atomic E-state index is 11.7. The average Bonchev–Trinajstić information content (AvgIpc) is 2.64. The maximum Gasteiger partial charge on any atom is 0.321 e. The Bertz CT molecular complexity index is 773. The lowest BCUT2D eigenvalue weighted by atomic mass is 10.1. The van der Waals surface area contributed by atoms with Crippen LogP contribution in [0, 0.1) is 0 Å². The highest BCUT2D eigenvalue weighted by atomic mass is 16.4. The van der Waals surface area contributed by atoms with E-state index in [0.29, 0.717) is 11.4 Å². The summed E-state index contributed by atoms with van der Waals surface area (Å²) in [6.07, 6.45) is -0.631. The highest BCUT2D eigenvalue weighted by Crippen LogP contribution is 2.12. The molecule has 12 heteroatoms. The summed E-state index contributed by atoms with van der Waals surface area (Å²) < 4.78 is 0. The number of carbonyl (C=O) groups is 4. The molecule has 0 amide bonds. The molecule has 1 unspecified atom stereocenters. The van der Waals surface area contributed by atoms with E-state index in [-0.39, 0.29) is 52.4 Å². The standard InChI is InChI=1S/C19H26N4O8/c24-16(25)8-15(19(30)31)23-6-4-21(11-17(26)27)9-13-2-1-3-14(20-13)10-22(5-7-23)12-18(28)29/h1-3,15H,4-12H2,(H,24,25)(H,26,27)(H,28,29)(H,30,31). The van der Waals surface area contributed by atoms with Crippen molar-refractivity contribution in [2.45, 2.75) is 25.6 Å². The Labute approximate surface area is 178 Å². The Balaban J connectivity index is 2.35. The van der Waals surface area contributed by atoms with Crippen LogP contribution in [0.3, 0.4) is 0 Å². The van der Waals surface area contributed by atoms with Crippen molar-refractivity contribution in [3.63, 3.8) is 0 Å². The quantitative estimate of drug-likeness (QED) is 0.395. The second-order valence-electron chi connectivity index (χ2n) is 7.32. The topological polar surface area (TPSA) is 172 Å². The normalized spacial score (nSPS) is 17.8. The molecule has 0 aliphatic carbocycles. The van der Waals surface area contributed by atoms with Gasteiger partial charge in [0, 0.05) is 39.3 Å². The maximum absolute atomic E-state index is 11.7. The summed E-state index contributed by atoms with van der Waals surface area (Å²) in [7, 11) is 0. The molecule has 0 saturated heterocycles. The minimum atomic E-state index is -1.32. The minimum absolute atomic E-state index is 0.0954. The number of fused-ring (bicyclic) bond motifs is 2. The van der Waals surface area contributed by atoms with E-state index in [9.17, 15) is 34.5 Å². The van der Waals surface area contributed by atoms with E-state index in [2.05, 4.69) is 4.98 Å². The van der Waals surface area contributed by atoms with E-state index in [4.69, 9.17) is 5.11 Å². The summed E-state index contributed by atoms with van der Waals surface area (Å²) in [5.41, 5.74) is 1.20. The van der Waals surface area contributed by atoms with Crippen molar-refractivity contribution in [2.24, 2.45) is 0 Å². The molecule has 1 aliphatic heterocycles. The number of hydrogen-bond acceptors (Lipinski definition) is 8. The van der Waals surface area contributed by atoms with E-state index in [1.807, 2.05) is 0 Å². The molecule has 31 heavy (non-hydrogen) atoms. The molecule has 0 aromatic carbocycles. The molecule has 4 N–H and O–H groups in total. The zero-order chi connectivity index (χ0) is 23.0. The van der Waals surface area contributed by atoms with Crippen molar-refractivity contribution in [3.8, 4) is 0 Å². The van der Waals surface area contributed by atoms with E-state index in [1.54, 1.807) is 28.0 Å². The molecule has 1 aromatic heterocycles. The van der Waals surface area contributed by atoms with Crippen molar-refractivity contribution in [2.75, 3.05) is 39.3 Å². The third-order valence-corrected chi connectivity index (χ3v) is 4.85.